The summed E-state index contributed by atoms with van der Waals surface area (Å²) >= 11 is 1.67. The first-order chi connectivity index (χ1) is 15.1. The van der Waals surface area contributed by atoms with E-state index < -0.39 is 6.04 Å². The van der Waals surface area contributed by atoms with E-state index in [4.69, 9.17) is 4.74 Å². The number of nitrogens with zero attached hydrogens (tertiary/aromatic N) is 2. The van der Waals surface area contributed by atoms with E-state index in [1.165, 1.54) is 0 Å². The maximum absolute atomic E-state index is 13.3. The molecule has 6 nitrogen and oxygen atoms in total. The molecule has 2 aromatic carbocycles. The van der Waals surface area contributed by atoms with Crippen molar-refractivity contribution in [3.05, 3.63) is 65.7 Å². The molecule has 0 saturated carbocycles. The zero-order chi connectivity index (χ0) is 22.1. The summed E-state index contributed by atoms with van der Waals surface area (Å²) in [6, 6.07) is 16.7. The summed E-state index contributed by atoms with van der Waals surface area (Å²) in [5.74, 6) is 0.501. The molecule has 3 rings (SSSR count). The minimum Gasteiger partial charge on any atom is -0.378 e. The normalized spacial score (nSPS) is 14.7. The van der Waals surface area contributed by atoms with Crippen molar-refractivity contribution in [2.75, 3.05) is 50.3 Å². The zero-order valence-electron chi connectivity index (χ0n) is 18.3. The van der Waals surface area contributed by atoms with Gasteiger partial charge in [0.25, 0.3) is 5.91 Å². The lowest BCUT2D eigenvalue weighted by Gasteiger charge is -2.32. The molecule has 0 unspecified atom stereocenters. The number of morpholine rings is 1. The number of rotatable bonds is 9. The predicted octanol–water partition coefficient (Wildman–Crippen LogP) is 3.03. The number of hydrogen-bond donors (Lipinski definition) is 1. The fourth-order valence-corrected chi connectivity index (χ4v) is 4.15. The van der Waals surface area contributed by atoms with Crippen LogP contribution in [0.1, 0.15) is 22.3 Å². The molecule has 7 heteroatoms. The molecule has 1 atom stereocenters. The van der Waals surface area contributed by atoms with Crippen molar-refractivity contribution in [3.8, 4) is 0 Å². The minimum atomic E-state index is -0.555. The van der Waals surface area contributed by atoms with Crippen LogP contribution < -0.4 is 10.2 Å². The summed E-state index contributed by atoms with van der Waals surface area (Å²) in [6.07, 6.45) is 2.59. The Hall–Kier alpha value is -2.51. The van der Waals surface area contributed by atoms with Crippen LogP contribution in [-0.2, 0) is 16.1 Å². The molecule has 1 heterocycles. The summed E-state index contributed by atoms with van der Waals surface area (Å²) in [7, 11) is 1.80. The third-order valence-corrected chi connectivity index (χ3v) is 6.02. The lowest BCUT2D eigenvalue weighted by Crippen LogP contribution is -2.47. The number of carbonyl (C=O) groups is 2. The Morgan fingerprint density at radius 3 is 2.48 bits per heavy atom. The number of hydrogen-bond acceptors (Lipinski definition) is 5. The standard InChI is InChI=1S/C24H31N3O3S/c1-26(18-20-10-6-7-11-22(20)27-13-15-30-16-14-27)24(29)21(12-17-31-2)25-23(28)19-8-4-3-5-9-19/h3-11,21H,12-18H2,1-2H3,(H,25,28)/t21-/m0/s1. The third-order valence-electron chi connectivity index (χ3n) is 5.38. The van der Waals surface area contributed by atoms with Crippen LogP contribution in [0, 0.1) is 0 Å². The molecule has 1 aliphatic rings. The van der Waals surface area contributed by atoms with E-state index in [9.17, 15) is 9.59 Å². The molecule has 0 aromatic heterocycles. The molecule has 1 aliphatic heterocycles. The highest BCUT2D eigenvalue weighted by Gasteiger charge is 2.25. The quantitative estimate of drug-likeness (QED) is 0.648. The average molecular weight is 442 g/mol. The van der Waals surface area contributed by atoms with E-state index in [0.717, 1.165) is 30.1 Å². The van der Waals surface area contributed by atoms with Gasteiger partial charge in [-0.3, -0.25) is 9.59 Å². The largest absolute Gasteiger partial charge is 0.378 e. The van der Waals surface area contributed by atoms with Gasteiger partial charge >= 0.3 is 0 Å². The molecule has 0 aliphatic carbocycles. The van der Waals surface area contributed by atoms with Crippen molar-refractivity contribution >= 4 is 29.3 Å². The Morgan fingerprint density at radius 1 is 1.10 bits per heavy atom. The van der Waals surface area contributed by atoms with Crippen LogP contribution in [0.5, 0.6) is 0 Å². The number of anilines is 1. The SMILES string of the molecule is CSCC[C@H](NC(=O)c1ccccc1)C(=O)N(C)Cc1ccccc1N1CCOCC1. The molecule has 166 valence electrons. The third kappa shape index (κ3) is 6.48. The van der Waals surface area contributed by atoms with Gasteiger partial charge in [-0.25, -0.2) is 0 Å². The van der Waals surface area contributed by atoms with E-state index in [1.54, 1.807) is 35.8 Å². The van der Waals surface area contributed by atoms with E-state index in [1.807, 2.05) is 36.6 Å². The van der Waals surface area contributed by atoms with Crippen LogP contribution in [0.2, 0.25) is 0 Å². The van der Waals surface area contributed by atoms with E-state index >= 15 is 0 Å². The zero-order valence-corrected chi connectivity index (χ0v) is 19.1. The van der Waals surface area contributed by atoms with Crippen molar-refractivity contribution in [2.45, 2.75) is 19.0 Å². The summed E-state index contributed by atoms with van der Waals surface area (Å²) in [5.41, 5.74) is 2.79. The molecule has 2 amide bonds. The van der Waals surface area contributed by atoms with Crippen LogP contribution in [-0.4, -0.2) is 68.1 Å². The van der Waals surface area contributed by atoms with Gasteiger partial charge < -0.3 is 19.9 Å². The van der Waals surface area contributed by atoms with Crippen LogP contribution in [0.4, 0.5) is 5.69 Å². The van der Waals surface area contributed by atoms with E-state index in [-0.39, 0.29) is 11.8 Å². The fraction of sp³-hybridized carbons (Fsp3) is 0.417. The number of amides is 2. The van der Waals surface area contributed by atoms with Gasteiger partial charge in [0.1, 0.15) is 6.04 Å². The molecule has 2 aromatic rings. The molecule has 0 bridgehead atoms. The maximum atomic E-state index is 13.3. The number of likely N-dealkylation sites (N-methyl/N-ethyl adjacent to an activating group) is 1. The summed E-state index contributed by atoms with van der Waals surface area (Å²) in [6.45, 7) is 3.61. The minimum absolute atomic E-state index is 0.0740. The second kappa shape index (κ2) is 11.8. The van der Waals surface area contributed by atoms with Crippen molar-refractivity contribution in [1.29, 1.82) is 0 Å². The van der Waals surface area contributed by atoms with E-state index in [2.05, 4.69) is 22.3 Å². The first-order valence-corrected chi connectivity index (χ1v) is 12.0. The van der Waals surface area contributed by atoms with E-state index in [0.29, 0.717) is 31.7 Å². The lowest BCUT2D eigenvalue weighted by molar-refractivity contribution is -0.132. The van der Waals surface area contributed by atoms with Gasteiger partial charge in [-0.05, 0) is 42.2 Å². The van der Waals surface area contributed by atoms with Gasteiger partial charge in [0.05, 0.1) is 13.2 Å². The topological polar surface area (TPSA) is 61.9 Å². The Labute approximate surface area is 188 Å². The number of para-hydroxylation sites is 1. The first-order valence-electron chi connectivity index (χ1n) is 10.6. The van der Waals surface area contributed by atoms with Crippen molar-refractivity contribution < 1.29 is 14.3 Å². The molecular weight excluding hydrogens is 410 g/mol. The molecule has 31 heavy (non-hydrogen) atoms. The summed E-state index contributed by atoms with van der Waals surface area (Å²) in [4.78, 5) is 30.0. The Bertz CT molecular complexity index is 856. The number of thioether (sulfide) groups is 1. The van der Waals surface area contributed by atoms with Gasteiger partial charge in [-0.15, -0.1) is 0 Å². The molecule has 0 spiro atoms. The van der Waals surface area contributed by atoms with Gasteiger partial charge in [-0.1, -0.05) is 36.4 Å². The van der Waals surface area contributed by atoms with Crippen molar-refractivity contribution in [1.82, 2.24) is 10.2 Å². The predicted molar refractivity (Wildman–Crippen MR) is 127 cm³/mol. The molecular formula is C24H31N3O3S. The molecule has 0 radical (unpaired) electrons. The highest BCUT2D eigenvalue weighted by molar-refractivity contribution is 7.98. The highest BCUT2D eigenvalue weighted by atomic mass is 32.2. The van der Waals surface area contributed by atoms with Crippen LogP contribution in [0.3, 0.4) is 0 Å². The summed E-state index contributed by atoms with van der Waals surface area (Å²) < 4.78 is 5.47. The average Bonchev–Trinajstić information content (AvgIpc) is 2.82. The lowest BCUT2D eigenvalue weighted by atomic mass is 10.1. The Balaban J connectivity index is 1.70. The van der Waals surface area contributed by atoms with Crippen LogP contribution in [0.15, 0.2) is 54.6 Å². The number of benzene rings is 2. The van der Waals surface area contributed by atoms with Gasteiger partial charge in [0, 0.05) is 37.9 Å². The second-order valence-electron chi connectivity index (χ2n) is 7.60. The number of nitrogens with one attached hydrogen (secondary N) is 1. The van der Waals surface area contributed by atoms with Crippen molar-refractivity contribution in [3.63, 3.8) is 0 Å². The maximum Gasteiger partial charge on any atom is 0.251 e. The first kappa shape index (κ1) is 23.2. The van der Waals surface area contributed by atoms with Crippen LogP contribution >= 0.6 is 11.8 Å². The number of ether oxygens (including phenoxy) is 1. The Morgan fingerprint density at radius 2 is 1.77 bits per heavy atom. The van der Waals surface area contributed by atoms with Crippen molar-refractivity contribution in [2.24, 2.45) is 0 Å². The molecule has 1 N–H and O–H groups in total. The Kier molecular flexibility index (Phi) is 8.79. The fourth-order valence-electron chi connectivity index (χ4n) is 3.68. The number of carbonyl (C=O) groups excluding carboxylic acids is 2. The van der Waals surface area contributed by atoms with Gasteiger partial charge in [0.15, 0.2) is 0 Å². The van der Waals surface area contributed by atoms with Crippen LogP contribution in [0.25, 0.3) is 0 Å². The van der Waals surface area contributed by atoms with Gasteiger partial charge in [-0.2, -0.15) is 11.8 Å². The molecule has 1 fully saturated rings. The summed E-state index contributed by atoms with van der Waals surface area (Å²) in [5, 5.41) is 2.94. The second-order valence-corrected chi connectivity index (χ2v) is 8.58. The smallest absolute Gasteiger partial charge is 0.251 e. The van der Waals surface area contributed by atoms with Gasteiger partial charge in [0.2, 0.25) is 5.91 Å². The monoisotopic (exact) mass is 441 g/mol. The highest BCUT2D eigenvalue weighted by Crippen LogP contribution is 2.23. The molecule has 1 saturated heterocycles.